The van der Waals surface area contributed by atoms with Crippen LogP contribution in [0, 0.1) is 6.92 Å². The van der Waals surface area contributed by atoms with Crippen molar-refractivity contribution in [1.82, 2.24) is 0 Å². The van der Waals surface area contributed by atoms with Gasteiger partial charge in [0.05, 0.1) is 19.8 Å². The quantitative estimate of drug-likeness (QED) is 0.899. The van der Waals surface area contributed by atoms with Gasteiger partial charge in [0, 0.05) is 12.1 Å². The number of phenols is 1. The van der Waals surface area contributed by atoms with E-state index < -0.39 is 0 Å². The fourth-order valence-corrected chi connectivity index (χ4v) is 1.87. The zero-order valence-corrected chi connectivity index (χ0v) is 10.7. The number of hydrogen-bond acceptors (Lipinski definition) is 3. The van der Waals surface area contributed by atoms with Crippen LogP contribution in [0.15, 0.2) is 36.4 Å². The van der Waals surface area contributed by atoms with Gasteiger partial charge in [-0.05, 0) is 12.5 Å². The Hall–Kier alpha value is -2.16. The highest BCUT2D eigenvalue weighted by molar-refractivity contribution is 5.77. The van der Waals surface area contributed by atoms with Gasteiger partial charge < -0.3 is 14.6 Å². The molecule has 0 heterocycles. The SMILES string of the molecule is COc1cc(O)c(-c2ccc(C)cc2)c(OC)c1. The van der Waals surface area contributed by atoms with Gasteiger partial charge in [-0.1, -0.05) is 29.8 Å². The van der Waals surface area contributed by atoms with Gasteiger partial charge in [0.25, 0.3) is 0 Å². The minimum Gasteiger partial charge on any atom is -0.507 e. The summed E-state index contributed by atoms with van der Waals surface area (Å²) in [5.41, 5.74) is 2.77. The van der Waals surface area contributed by atoms with Crippen LogP contribution in [0.4, 0.5) is 0 Å². The van der Waals surface area contributed by atoms with E-state index in [0.29, 0.717) is 17.1 Å². The van der Waals surface area contributed by atoms with Crippen molar-refractivity contribution in [2.24, 2.45) is 0 Å². The summed E-state index contributed by atoms with van der Waals surface area (Å²) in [5, 5.41) is 10.1. The van der Waals surface area contributed by atoms with E-state index in [2.05, 4.69) is 0 Å². The van der Waals surface area contributed by atoms with Crippen molar-refractivity contribution in [2.45, 2.75) is 6.92 Å². The third-order valence-electron chi connectivity index (χ3n) is 2.85. The molecule has 0 unspecified atom stereocenters. The maximum absolute atomic E-state index is 10.1. The van der Waals surface area contributed by atoms with Gasteiger partial charge in [0.2, 0.25) is 0 Å². The lowest BCUT2D eigenvalue weighted by molar-refractivity contribution is 0.387. The molecule has 0 radical (unpaired) electrons. The van der Waals surface area contributed by atoms with Crippen molar-refractivity contribution in [3.05, 3.63) is 42.0 Å². The van der Waals surface area contributed by atoms with E-state index in [0.717, 1.165) is 5.56 Å². The van der Waals surface area contributed by atoms with Gasteiger partial charge in [-0.2, -0.15) is 0 Å². The van der Waals surface area contributed by atoms with Crippen molar-refractivity contribution < 1.29 is 14.6 Å². The molecule has 0 aromatic heterocycles. The third kappa shape index (κ3) is 2.25. The van der Waals surface area contributed by atoms with E-state index in [1.165, 1.54) is 5.56 Å². The Morgan fingerprint density at radius 3 is 2.17 bits per heavy atom. The minimum atomic E-state index is 0.148. The molecule has 0 bridgehead atoms. The number of phenolic OH excluding ortho intramolecular Hbond substituents is 1. The second-order valence-electron chi connectivity index (χ2n) is 4.09. The predicted octanol–water partition coefficient (Wildman–Crippen LogP) is 3.38. The molecule has 2 aromatic rings. The van der Waals surface area contributed by atoms with E-state index in [1.54, 1.807) is 26.4 Å². The van der Waals surface area contributed by atoms with Crippen molar-refractivity contribution in [3.8, 4) is 28.4 Å². The van der Waals surface area contributed by atoms with Crippen molar-refractivity contribution in [2.75, 3.05) is 14.2 Å². The summed E-state index contributed by atoms with van der Waals surface area (Å²) < 4.78 is 10.4. The molecule has 0 spiro atoms. The number of benzene rings is 2. The highest BCUT2D eigenvalue weighted by Crippen LogP contribution is 2.40. The Kier molecular flexibility index (Phi) is 3.42. The Balaban J connectivity index is 2.59. The number of aromatic hydroxyl groups is 1. The second kappa shape index (κ2) is 5.00. The monoisotopic (exact) mass is 244 g/mol. The van der Waals surface area contributed by atoms with Crippen molar-refractivity contribution >= 4 is 0 Å². The smallest absolute Gasteiger partial charge is 0.134 e. The van der Waals surface area contributed by atoms with Gasteiger partial charge in [-0.15, -0.1) is 0 Å². The summed E-state index contributed by atoms with van der Waals surface area (Å²) in [6.07, 6.45) is 0. The summed E-state index contributed by atoms with van der Waals surface area (Å²) in [6.45, 7) is 2.02. The Labute approximate surface area is 107 Å². The van der Waals surface area contributed by atoms with E-state index in [9.17, 15) is 5.11 Å². The first-order valence-corrected chi connectivity index (χ1v) is 5.67. The van der Waals surface area contributed by atoms with Crippen molar-refractivity contribution in [1.29, 1.82) is 0 Å². The van der Waals surface area contributed by atoms with Gasteiger partial charge in [-0.3, -0.25) is 0 Å². The fourth-order valence-electron chi connectivity index (χ4n) is 1.87. The molecule has 2 aromatic carbocycles. The summed E-state index contributed by atoms with van der Waals surface area (Å²) in [5.74, 6) is 1.31. The molecule has 2 rings (SSSR count). The van der Waals surface area contributed by atoms with Crippen LogP contribution in [0.5, 0.6) is 17.2 Å². The summed E-state index contributed by atoms with van der Waals surface area (Å²) in [4.78, 5) is 0. The number of rotatable bonds is 3. The average molecular weight is 244 g/mol. The van der Waals surface area contributed by atoms with Gasteiger partial charge in [-0.25, -0.2) is 0 Å². The first kappa shape index (κ1) is 12.3. The lowest BCUT2D eigenvalue weighted by Crippen LogP contribution is -1.91. The molecule has 94 valence electrons. The Morgan fingerprint density at radius 2 is 1.61 bits per heavy atom. The van der Waals surface area contributed by atoms with Crippen LogP contribution in [0.2, 0.25) is 0 Å². The molecular formula is C15H16O3. The van der Waals surface area contributed by atoms with E-state index in [-0.39, 0.29) is 5.75 Å². The van der Waals surface area contributed by atoms with Gasteiger partial charge in [0.15, 0.2) is 0 Å². The van der Waals surface area contributed by atoms with Crippen LogP contribution in [-0.4, -0.2) is 19.3 Å². The molecule has 18 heavy (non-hydrogen) atoms. The first-order valence-electron chi connectivity index (χ1n) is 5.67. The summed E-state index contributed by atoms with van der Waals surface area (Å²) in [7, 11) is 3.13. The molecule has 1 N–H and O–H groups in total. The van der Waals surface area contributed by atoms with Gasteiger partial charge >= 0.3 is 0 Å². The van der Waals surface area contributed by atoms with Crippen molar-refractivity contribution in [3.63, 3.8) is 0 Å². The molecule has 0 atom stereocenters. The van der Waals surface area contributed by atoms with Crippen LogP contribution in [0.25, 0.3) is 11.1 Å². The zero-order valence-electron chi connectivity index (χ0n) is 10.7. The van der Waals surface area contributed by atoms with E-state index >= 15 is 0 Å². The molecule has 0 fully saturated rings. The maximum atomic E-state index is 10.1. The predicted molar refractivity (Wildman–Crippen MR) is 71.4 cm³/mol. The molecule has 3 heteroatoms. The van der Waals surface area contributed by atoms with Crippen LogP contribution < -0.4 is 9.47 Å². The minimum absolute atomic E-state index is 0.148. The topological polar surface area (TPSA) is 38.7 Å². The number of ether oxygens (including phenoxy) is 2. The molecule has 3 nitrogen and oxygen atoms in total. The Morgan fingerprint density at radius 1 is 0.944 bits per heavy atom. The first-order chi connectivity index (χ1) is 8.65. The molecular weight excluding hydrogens is 228 g/mol. The number of aryl methyl sites for hydroxylation is 1. The molecule has 0 saturated carbocycles. The zero-order chi connectivity index (χ0) is 13.1. The Bertz CT molecular complexity index is 544. The standard InChI is InChI=1S/C15H16O3/c1-10-4-6-11(7-5-10)15-13(16)8-12(17-2)9-14(15)18-3/h4-9,16H,1-3H3. The van der Waals surface area contributed by atoms with Crippen LogP contribution in [0.3, 0.4) is 0 Å². The number of hydrogen-bond donors (Lipinski definition) is 1. The van der Waals surface area contributed by atoms with E-state index in [4.69, 9.17) is 9.47 Å². The van der Waals surface area contributed by atoms with Crippen LogP contribution >= 0.6 is 0 Å². The second-order valence-corrected chi connectivity index (χ2v) is 4.09. The molecule has 0 aliphatic rings. The average Bonchev–Trinajstić information content (AvgIpc) is 2.39. The third-order valence-corrected chi connectivity index (χ3v) is 2.85. The lowest BCUT2D eigenvalue weighted by Gasteiger charge is -2.13. The molecule has 0 amide bonds. The normalized spacial score (nSPS) is 10.2. The van der Waals surface area contributed by atoms with Crippen LogP contribution in [0.1, 0.15) is 5.56 Å². The number of methoxy groups -OCH3 is 2. The van der Waals surface area contributed by atoms with Crippen LogP contribution in [-0.2, 0) is 0 Å². The van der Waals surface area contributed by atoms with Gasteiger partial charge in [0.1, 0.15) is 17.2 Å². The highest BCUT2D eigenvalue weighted by Gasteiger charge is 2.13. The summed E-state index contributed by atoms with van der Waals surface area (Å²) in [6, 6.07) is 11.3. The molecule has 0 saturated heterocycles. The molecule has 0 aliphatic heterocycles. The lowest BCUT2D eigenvalue weighted by atomic mass is 10.0. The fraction of sp³-hybridized carbons (Fsp3) is 0.200. The van der Waals surface area contributed by atoms with E-state index in [1.807, 2.05) is 31.2 Å². The molecule has 0 aliphatic carbocycles. The highest BCUT2D eigenvalue weighted by atomic mass is 16.5. The maximum Gasteiger partial charge on any atom is 0.134 e. The summed E-state index contributed by atoms with van der Waals surface area (Å²) >= 11 is 0. The largest absolute Gasteiger partial charge is 0.507 e.